The average Bonchev–Trinajstić information content (AvgIpc) is 3.64. The molecule has 3 N–H and O–H groups in total. The molecule has 1 aliphatic rings. The minimum Gasteiger partial charge on any atom is -0.468 e. The van der Waals surface area contributed by atoms with Crippen LogP contribution in [0.2, 0.25) is 0 Å². The van der Waals surface area contributed by atoms with Crippen LogP contribution >= 0.6 is 0 Å². The highest BCUT2D eigenvalue weighted by molar-refractivity contribution is 5.86. The summed E-state index contributed by atoms with van der Waals surface area (Å²) in [6.07, 6.45) is 5.32. The third-order valence-electron chi connectivity index (χ3n) is 6.71. The van der Waals surface area contributed by atoms with Gasteiger partial charge in [-0.2, -0.15) is 0 Å². The van der Waals surface area contributed by atoms with Crippen molar-refractivity contribution in [3.05, 3.63) is 66.2 Å². The number of carbonyl (C=O) groups is 4. The van der Waals surface area contributed by atoms with E-state index >= 15 is 0 Å². The summed E-state index contributed by atoms with van der Waals surface area (Å²) in [6.45, 7) is 3.22. The molecule has 1 atom stereocenters. The van der Waals surface area contributed by atoms with Crippen LogP contribution in [-0.4, -0.2) is 89.8 Å². The van der Waals surface area contributed by atoms with Crippen LogP contribution in [0.15, 0.2) is 55.0 Å². The fraction of sp³-hybridized carbons (Fsp3) is 0.414. The molecule has 1 aromatic heterocycles. The molecule has 214 valence electrons. The van der Waals surface area contributed by atoms with E-state index in [4.69, 9.17) is 0 Å². The molecule has 1 saturated heterocycles. The summed E-state index contributed by atoms with van der Waals surface area (Å²) in [5, 5.41) is 7.29. The van der Waals surface area contributed by atoms with E-state index in [1.54, 1.807) is 19.6 Å². The van der Waals surface area contributed by atoms with E-state index in [0.717, 1.165) is 34.9 Å². The van der Waals surface area contributed by atoms with Crippen molar-refractivity contribution in [3.8, 4) is 0 Å². The first-order valence-electron chi connectivity index (χ1n) is 13.3. The van der Waals surface area contributed by atoms with Gasteiger partial charge in [0.2, 0.25) is 17.7 Å². The normalized spacial score (nSPS) is 14.4. The fourth-order valence-electron chi connectivity index (χ4n) is 4.66. The van der Waals surface area contributed by atoms with Crippen LogP contribution in [0, 0.1) is 0 Å². The Bertz CT molecular complexity index is 1270. The van der Waals surface area contributed by atoms with Crippen molar-refractivity contribution in [2.45, 2.75) is 38.8 Å². The lowest BCUT2D eigenvalue weighted by Gasteiger charge is -2.31. The van der Waals surface area contributed by atoms with E-state index in [2.05, 4.69) is 54.5 Å². The first-order valence-corrected chi connectivity index (χ1v) is 13.3. The van der Waals surface area contributed by atoms with Crippen LogP contribution in [0.1, 0.15) is 31.0 Å². The zero-order chi connectivity index (χ0) is 28.9. The highest BCUT2D eigenvalue weighted by Gasteiger charge is 2.31. The number of methoxy groups -OCH3 is 1. The molecule has 3 amide bonds. The maximum atomic E-state index is 13.0. The van der Waals surface area contributed by atoms with E-state index < -0.39 is 5.97 Å². The quantitative estimate of drug-likeness (QED) is 0.327. The van der Waals surface area contributed by atoms with Gasteiger partial charge in [0.1, 0.15) is 6.54 Å². The molecule has 0 aliphatic carbocycles. The smallest absolute Gasteiger partial charge is 0.325 e. The summed E-state index contributed by atoms with van der Waals surface area (Å²) in [5.41, 5.74) is 1.90. The Morgan fingerprint density at radius 2 is 1.90 bits per heavy atom. The highest BCUT2D eigenvalue weighted by Crippen LogP contribution is 2.23. The van der Waals surface area contributed by atoms with Gasteiger partial charge in [-0.05, 0) is 29.2 Å². The minimum absolute atomic E-state index is 0.00463. The summed E-state index contributed by atoms with van der Waals surface area (Å²) in [4.78, 5) is 57.8. The Morgan fingerprint density at radius 1 is 1.15 bits per heavy atom. The van der Waals surface area contributed by atoms with E-state index in [0.29, 0.717) is 19.6 Å². The monoisotopic (exact) mass is 550 g/mol. The van der Waals surface area contributed by atoms with Crippen molar-refractivity contribution in [2.75, 3.05) is 40.3 Å². The zero-order valence-electron chi connectivity index (χ0n) is 23.3. The predicted octanol–water partition coefficient (Wildman–Crippen LogP) is 1.64. The van der Waals surface area contributed by atoms with Gasteiger partial charge < -0.3 is 25.3 Å². The average molecular weight is 551 g/mol. The summed E-state index contributed by atoms with van der Waals surface area (Å²) >= 11 is 0. The van der Waals surface area contributed by atoms with E-state index in [1.165, 1.54) is 14.0 Å². The SMILES string of the molecule is CNC(C)=O.COC(=O)CNC(=O)CN(Cc1cccc2ccccc12)CC1CCCN1C(=O)Cc1cnc[nH]1. The topological polar surface area (TPSA) is 137 Å². The van der Waals surface area contributed by atoms with Crippen molar-refractivity contribution < 1.29 is 23.9 Å². The largest absolute Gasteiger partial charge is 0.468 e. The van der Waals surface area contributed by atoms with E-state index in [1.807, 2.05) is 23.1 Å². The lowest BCUT2D eigenvalue weighted by molar-refractivity contribution is -0.141. The van der Waals surface area contributed by atoms with Crippen molar-refractivity contribution in [1.29, 1.82) is 0 Å². The Balaban J connectivity index is 0.000000810. The molecule has 0 radical (unpaired) electrons. The predicted molar refractivity (Wildman–Crippen MR) is 151 cm³/mol. The van der Waals surface area contributed by atoms with Gasteiger partial charge in [0.15, 0.2) is 0 Å². The van der Waals surface area contributed by atoms with Gasteiger partial charge in [-0.15, -0.1) is 0 Å². The molecule has 11 nitrogen and oxygen atoms in total. The third-order valence-corrected chi connectivity index (χ3v) is 6.71. The Morgan fingerprint density at radius 3 is 2.60 bits per heavy atom. The number of esters is 1. The minimum atomic E-state index is -0.495. The van der Waals surface area contributed by atoms with Gasteiger partial charge >= 0.3 is 5.97 Å². The standard InChI is InChI=1S/C26H31N5O4.C3H7NO/c1-35-26(34)14-28-24(32)17-30(15-20-8-4-7-19-6-2-3-10-23(19)20)16-22-9-5-11-31(22)25(33)12-21-13-27-18-29-21;1-3(5)4-2/h2-4,6-8,10,13,18,22H,5,9,11-12,14-17H2,1H3,(H,27,29)(H,28,32);1-2H3,(H,4,5). The molecule has 4 rings (SSSR count). The molecule has 1 aliphatic heterocycles. The number of nitrogens with zero attached hydrogens (tertiary/aromatic N) is 3. The molecule has 1 fully saturated rings. The van der Waals surface area contributed by atoms with Crippen molar-refractivity contribution >= 4 is 34.5 Å². The Hall–Kier alpha value is -4.25. The molecule has 2 heterocycles. The summed E-state index contributed by atoms with van der Waals surface area (Å²) < 4.78 is 4.62. The molecular formula is C29H38N6O5. The summed E-state index contributed by atoms with van der Waals surface area (Å²) in [5.74, 6) is -0.698. The zero-order valence-corrected chi connectivity index (χ0v) is 23.3. The molecule has 11 heteroatoms. The second kappa shape index (κ2) is 15.4. The maximum absolute atomic E-state index is 13.0. The molecule has 0 bridgehead atoms. The number of aromatic amines is 1. The molecule has 2 aromatic carbocycles. The summed E-state index contributed by atoms with van der Waals surface area (Å²) in [7, 11) is 2.89. The number of benzene rings is 2. The number of imidazole rings is 1. The van der Waals surface area contributed by atoms with E-state index in [-0.39, 0.29) is 43.3 Å². The molecule has 0 saturated carbocycles. The lowest BCUT2D eigenvalue weighted by atomic mass is 10.0. The van der Waals surface area contributed by atoms with Crippen molar-refractivity contribution in [3.63, 3.8) is 0 Å². The Labute approximate surface area is 234 Å². The van der Waals surface area contributed by atoms with Gasteiger partial charge in [-0.25, -0.2) is 4.98 Å². The summed E-state index contributed by atoms with van der Waals surface area (Å²) in [6, 6.07) is 14.3. The first-order chi connectivity index (χ1) is 19.3. The maximum Gasteiger partial charge on any atom is 0.325 e. The second-order valence-corrected chi connectivity index (χ2v) is 9.60. The molecule has 40 heavy (non-hydrogen) atoms. The lowest BCUT2D eigenvalue weighted by Crippen LogP contribution is -2.46. The number of amides is 3. The van der Waals surface area contributed by atoms with Crippen molar-refractivity contribution in [2.24, 2.45) is 0 Å². The second-order valence-electron chi connectivity index (χ2n) is 9.60. The molecule has 0 spiro atoms. The molecule has 3 aromatic rings. The number of carbonyl (C=O) groups excluding carboxylic acids is 4. The number of hydrogen-bond acceptors (Lipinski definition) is 7. The highest BCUT2D eigenvalue weighted by atomic mass is 16.5. The number of H-pyrrole nitrogens is 1. The number of aromatic nitrogens is 2. The van der Waals surface area contributed by atoms with Gasteiger partial charge in [0, 0.05) is 51.5 Å². The molecule has 1 unspecified atom stereocenters. The van der Waals surface area contributed by atoms with Crippen LogP contribution in [0.3, 0.4) is 0 Å². The van der Waals surface area contributed by atoms with Crippen LogP contribution in [0.25, 0.3) is 10.8 Å². The van der Waals surface area contributed by atoms with Crippen LogP contribution in [0.5, 0.6) is 0 Å². The van der Waals surface area contributed by atoms with Gasteiger partial charge in [0.25, 0.3) is 0 Å². The van der Waals surface area contributed by atoms with Gasteiger partial charge in [0.05, 0.1) is 26.4 Å². The van der Waals surface area contributed by atoms with E-state index in [9.17, 15) is 19.2 Å². The van der Waals surface area contributed by atoms with Gasteiger partial charge in [-0.1, -0.05) is 42.5 Å². The third kappa shape index (κ3) is 9.19. The van der Waals surface area contributed by atoms with Crippen molar-refractivity contribution in [1.82, 2.24) is 30.4 Å². The molecular weight excluding hydrogens is 512 g/mol. The number of rotatable bonds is 10. The van der Waals surface area contributed by atoms with Crippen LogP contribution in [-0.2, 0) is 36.9 Å². The van der Waals surface area contributed by atoms with Gasteiger partial charge in [-0.3, -0.25) is 24.1 Å². The number of hydrogen-bond donors (Lipinski definition) is 3. The number of likely N-dealkylation sites (tertiary alicyclic amines) is 1. The number of nitrogens with one attached hydrogen (secondary N) is 3. The number of fused-ring (bicyclic) bond motifs is 1. The van der Waals surface area contributed by atoms with Crippen LogP contribution < -0.4 is 10.6 Å². The van der Waals surface area contributed by atoms with Crippen LogP contribution in [0.4, 0.5) is 0 Å². The fourth-order valence-corrected chi connectivity index (χ4v) is 4.66. The number of ether oxygens (including phenoxy) is 1. The Kier molecular flexibility index (Phi) is 11.6. The first kappa shape index (κ1) is 30.3.